The topological polar surface area (TPSA) is 52.5 Å². The third-order valence-electron chi connectivity index (χ3n) is 0. The van der Waals surface area contributed by atoms with Crippen LogP contribution in [-0.4, -0.2) is 0 Å². The van der Waals surface area contributed by atoms with Gasteiger partial charge < -0.3 is 10.1 Å². The van der Waals surface area contributed by atoms with Crippen molar-refractivity contribution in [3.05, 3.63) is 10.1 Å². The molecule has 0 N–H and O–H groups in total. The molecule has 0 unspecified atom stereocenters. The minimum absolute atomic E-state index is 0. The van der Waals surface area contributed by atoms with Crippen LogP contribution in [0.4, 0.5) is 0 Å². The van der Waals surface area contributed by atoms with Crippen molar-refractivity contribution in [1.29, 1.82) is 0 Å². The molecule has 0 amide bonds. The van der Waals surface area contributed by atoms with Crippen molar-refractivity contribution in [3.63, 3.8) is 0 Å². The van der Waals surface area contributed by atoms with E-state index in [-0.39, 0.29) is 19.5 Å². The average Bonchev–Trinajstić information content (AvgIpc) is 0.918. The maximum absolute atomic E-state index is 8.00. The van der Waals surface area contributed by atoms with Gasteiger partial charge in [-0.2, -0.15) is 0 Å². The molecule has 0 rings (SSSR count). The Bertz CT molecular complexity index is 13.5. The van der Waals surface area contributed by atoms with E-state index in [0.717, 1.165) is 5.34 Å². The summed E-state index contributed by atoms with van der Waals surface area (Å²) in [6, 6.07) is 0. The van der Waals surface area contributed by atoms with Gasteiger partial charge >= 0.3 is 19.5 Å². The second-order valence-corrected chi connectivity index (χ2v) is 0.0745. The molecule has 0 aliphatic heterocycles. The van der Waals surface area contributed by atoms with E-state index in [0.29, 0.717) is 0 Å². The molecule has 0 aliphatic rings. The van der Waals surface area contributed by atoms with Gasteiger partial charge in [-0.25, -0.2) is 0 Å². The van der Waals surface area contributed by atoms with Crippen molar-refractivity contribution in [2.45, 2.75) is 0 Å². The van der Waals surface area contributed by atoms with Gasteiger partial charge in [0.1, 0.15) is 0 Å². The first kappa shape index (κ1) is 8.98. The van der Waals surface area contributed by atoms with Crippen LogP contribution in [0.2, 0.25) is 0 Å². The molecule has 3 nitrogen and oxygen atoms in total. The van der Waals surface area contributed by atoms with E-state index < -0.39 is 0 Å². The number of hydrogen-bond donors (Lipinski definition) is 0. The minimum Gasteiger partial charge on any atom is -0.444 e. The average molecular weight is 111 g/mol. The van der Waals surface area contributed by atoms with Crippen LogP contribution in [0.15, 0.2) is 5.34 Å². The van der Waals surface area contributed by atoms with Gasteiger partial charge in [-0.15, -0.1) is 5.34 Å². The van der Waals surface area contributed by atoms with Gasteiger partial charge in [-0.05, 0) is 0 Å². The Morgan fingerprint density at radius 2 is 1.75 bits per heavy atom. The minimum atomic E-state index is 0. The molecule has 0 fully saturated rings. The van der Waals surface area contributed by atoms with Crippen molar-refractivity contribution >= 4 is 0 Å². The zero-order valence-corrected chi connectivity index (χ0v) is 4.94. The largest absolute Gasteiger partial charge is 2.00 e. The van der Waals surface area contributed by atoms with Gasteiger partial charge in [-0.3, -0.25) is 0 Å². The van der Waals surface area contributed by atoms with Crippen molar-refractivity contribution in [1.82, 2.24) is 0 Å². The van der Waals surface area contributed by atoms with E-state index in [4.69, 9.17) is 10.1 Å². The molecular weight excluding hydrogens is 111 g/mol. The fraction of sp³-hybridized carbons (Fsp3) is 0. The van der Waals surface area contributed by atoms with Gasteiger partial charge in [0.25, 0.3) is 0 Å². The number of hydrogen-bond acceptors (Lipinski definition) is 3. The Morgan fingerprint density at radius 1 is 1.75 bits per heavy atom. The molecule has 0 aromatic rings. The van der Waals surface area contributed by atoms with Gasteiger partial charge in [0.2, 0.25) is 0 Å². The quantitative estimate of drug-likeness (QED) is 0.256. The first-order valence-corrected chi connectivity index (χ1v) is 0.365. The summed E-state index contributed by atoms with van der Waals surface area (Å²) in [5.74, 6) is 0. The third-order valence-corrected chi connectivity index (χ3v) is 0. The summed E-state index contributed by atoms with van der Waals surface area (Å²) in [5, 5.41) is 9.00. The Balaban J connectivity index is 0. The van der Waals surface area contributed by atoms with E-state index in [1.807, 2.05) is 0 Å². The van der Waals surface area contributed by atoms with Crippen LogP contribution in [0, 0.1) is 10.1 Å². The van der Waals surface area contributed by atoms with Crippen LogP contribution in [0.3, 0.4) is 0 Å². The number of nitrogens with zero attached hydrogens (tertiary/aromatic N) is 1. The van der Waals surface area contributed by atoms with Gasteiger partial charge in [0, 0.05) is 0 Å². The van der Waals surface area contributed by atoms with E-state index in [1.165, 1.54) is 0 Å². The van der Waals surface area contributed by atoms with Crippen LogP contribution in [-0.2, 0) is 19.5 Å². The van der Waals surface area contributed by atoms with Crippen LogP contribution in [0.25, 0.3) is 0 Å². The molecule has 4 heavy (non-hydrogen) atoms. The van der Waals surface area contributed by atoms with Crippen LogP contribution in [0.5, 0.6) is 0 Å². The molecule has 0 aliphatic carbocycles. The van der Waals surface area contributed by atoms with Crippen molar-refractivity contribution in [2.75, 3.05) is 0 Å². The first-order chi connectivity index (χ1) is 1.41. The summed E-state index contributed by atoms with van der Waals surface area (Å²) in [5.41, 5.74) is 0. The smallest absolute Gasteiger partial charge is 0.444 e. The van der Waals surface area contributed by atoms with E-state index >= 15 is 0 Å². The van der Waals surface area contributed by atoms with Crippen molar-refractivity contribution in [2.24, 2.45) is 5.34 Å². The molecule has 4 heteroatoms. The molecule has 18 valence electrons. The summed E-state index contributed by atoms with van der Waals surface area (Å²) in [6.45, 7) is 0. The fourth-order valence-electron chi connectivity index (χ4n) is 0. The summed E-state index contributed by atoms with van der Waals surface area (Å²) in [4.78, 5) is 8.00. The molecule has 0 heterocycles. The zero-order chi connectivity index (χ0) is 2.71. The monoisotopic (exact) mass is 110 g/mol. The third kappa shape index (κ3) is 3880. The van der Waals surface area contributed by atoms with Gasteiger partial charge in [0.05, 0.1) is 0 Å². The molecule has 0 spiro atoms. The second-order valence-electron chi connectivity index (χ2n) is 0.0745. The zero-order valence-electron chi connectivity index (χ0n) is 1.97. The van der Waals surface area contributed by atoms with Crippen LogP contribution in [0.1, 0.15) is 0 Å². The summed E-state index contributed by atoms with van der Waals surface area (Å²) < 4.78 is 0. The van der Waals surface area contributed by atoms with E-state index in [9.17, 15) is 0 Å². The molecule has 0 atom stereocenters. The summed E-state index contributed by atoms with van der Waals surface area (Å²) in [7, 11) is 0. The Hall–Kier alpha value is 0.0234. The van der Waals surface area contributed by atoms with Crippen LogP contribution < -0.4 is 0 Å². The summed E-state index contributed by atoms with van der Waals surface area (Å²) >= 11 is 0. The Kier molecular flexibility index (Phi) is 26.5. The first-order valence-electron chi connectivity index (χ1n) is 0.365. The Morgan fingerprint density at radius 3 is 1.75 bits per heavy atom. The molecule has 0 aromatic carbocycles. The van der Waals surface area contributed by atoms with E-state index in [2.05, 4.69) is 0 Å². The fourth-order valence-corrected chi connectivity index (χ4v) is 0. The Labute approximate surface area is 35.7 Å². The van der Waals surface area contributed by atoms with Crippen LogP contribution >= 0.6 is 0 Å². The maximum Gasteiger partial charge on any atom is 2.00 e. The van der Waals surface area contributed by atoms with Crippen molar-refractivity contribution in [3.8, 4) is 0 Å². The molecule has 0 radical (unpaired) electrons. The molecular formula is NO2Zn+. The maximum atomic E-state index is 8.00. The summed E-state index contributed by atoms with van der Waals surface area (Å²) in [6.07, 6.45) is 0. The van der Waals surface area contributed by atoms with Gasteiger partial charge in [0.15, 0.2) is 0 Å². The SMILES string of the molecule is O=N[O-].[Zn+2]. The molecule has 0 saturated carbocycles. The van der Waals surface area contributed by atoms with Crippen molar-refractivity contribution < 1.29 is 19.5 Å². The molecule has 0 aromatic heterocycles. The van der Waals surface area contributed by atoms with Gasteiger partial charge in [-0.1, -0.05) is 0 Å². The number of rotatable bonds is 0. The molecule has 0 bridgehead atoms. The van der Waals surface area contributed by atoms with E-state index in [1.54, 1.807) is 0 Å². The normalized spacial score (nSPS) is 3.00. The molecule has 0 saturated heterocycles. The second kappa shape index (κ2) is 11.8. The predicted octanol–water partition coefficient (Wildman–Crippen LogP) is 0.248. The predicted molar refractivity (Wildman–Crippen MR) is 9.16 cm³/mol. The standard InChI is InChI=1S/HNO2.Zn/c2-1-3;/h(H,2,3);/q;+2/p-1.